The quantitative estimate of drug-likeness (QED) is 0.139. The Balaban J connectivity index is 0.804. The Morgan fingerprint density at radius 2 is 1.47 bits per heavy atom. The van der Waals surface area contributed by atoms with Gasteiger partial charge in [-0.15, -0.1) is 0 Å². The maximum Gasteiger partial charge on any atom is 0.255 e. The van der Waals surface area contributed by atoms with Gasteiger partial charge in [0.15, 0.2) is 0 Å². The number of hydrogen-bond acceptors (Lipinski definition) is 9. The van der Waals surface area contributed by atoms with E-state index >= 15 is 0 Å². The minimum atomic E-state index is -0.644. The normalized spacial score (nSPS) is 19.6. The number of carbonyl (C=O) groups excluding carboxylic acids is 3. The molecule has 3 aliphatic rings. The third-order valence-electron chi connectivity index (χ3n) is 9.48. The molecule has 7 rings (SSSR count). The van der Waals surface area contributed by atoms with E-state index in [0.717, 1.165) is 22.4 Å². The van der Waals surface area contributed by atoms with E-state index in [9.17, 15) is 19.5 Å². The first-order valence-electron chi connectivity index (χ1n) is 17.2. The number of nitrogens with one attached hydrogen (secondary N) is 1. The van der Waals surface area contributed by atoms with Crippen molar-refractivity contribution in [2.24, 2.45) is 0 Å². The number of ether oxygens (including phenoxy) is 5. The summed E-state index contributed by atoms with van der Waals surface area (Å²) in [6.07, 6.45) is 0.546. The van der Waals surface area contributed by atoms with Gasteiger partial charge in [0.25, 0.3) is 5.91 Å². The number of aromatic hydroxyl groups is 1. The summed E-state index contributed by atoms with van der Waals surface area (Å²) in [5.74, 6) is 1.51. The number of phenols is 1. The molecule has 51 heavy (non-hydrogen) atoms. The smallest absolute Gasteiger partial charge is 0.255 e. The number of imide groups is 1. The van der Waals surface area contributed by atoms with Crippen LogP contribution in [0.1, 0.15) is 57.3 Å². The van der Waals surface area contributed by atoms with Crippen LogP contribution in [0, 0.1) is 0 Å². The van der Waals surface area contributed by atoms with Crippen LogP contribution in [0.3, 0.4) is 0 Å². The molecule has 0 bridgehead atoms. The van der Waals surface area contributed by atoms with Gasteiger partial charge in [0.05, 0.1) is 33.0 Å². The van der Waals surface area contributed by atoms with Crippen LogP contribution in [0.15, 0.2) is 91.0 Å². The van der Waals surface area contributed by atoms with Crippen molar-refractivity contribution in [3.8, 4) is 23.0 Å². The molecule has 4 aromatic carbocycles. The Hall–Kier alpha value is -5.39. The Morgan fingerprint density at radius 3 is 2.22 bits per heavy atom. The minimum Gasteiger partial charge on any atom is -0.508 e. The average Bonchev–Trinajstić information content (AvgIpc) is 3.47. The predicted molar refractivity (Wildman–Crippen MR) is 186 cm³/mol. The molecule has 3 heterocycles. The number of nitrogens with zero attached hydrogens (tertiary/aromatic N) is 1. The molecule has 11 nitrogen and oxygen atoms in total. The number of amides is 3. The number of phenolic OH excluding ortho intramolecular Hbond substituents is 1. The molecule has 4 aromatic rings. The molecular weight excluding hydrogens is 652 g/mol. The van der Waals surface area contributed by atoms with E-state index in [1.165, 1.54) is 10.5 Å². The van der Waals surface area contributed by atoms with Crippen LogP contribution >= 0.6 is 0 Å². The number of carbonyl (C=O) groups is 3. The number of benzene rings is 4. The highest BCUT2D eigenvalue weighted by Crippen LogP contribution is 2.47. The number of piperidine rings is 1. The molecule has 2 N–H and O–H groups in total. The van der Waals surface area contributed by atoms with Gasteiger partial charge in [-0.3, -0.25) is 19.7 Å². The van der Waals surface area contributed by atoms with Crippen molar-refractivity contribution in [1.82, 2.24) is 10.2 Å². The summed E-state index contributed by atoms with van der Waals surface area (Å²) in [5, 5.41) is 12.3. The molecule has 0 aromatic heterocycles. The van der Waals surface area contributed by atoms with Gasteiger partial charge in [-0.25, -0.2) is 0 Å². The maximum atomic E-state index is 12.9. The average molecular weight is 693 g/mol. The van der Waals surface area contributed by atoms with Gasteiger partial charge < -0.3 is 33.7 Å². The van der Waals surface area contributed by atoms with Gasteiger partial charge in [-0.1, -0.05) is 48.5 Å². The molecule has 0 aliphatic carbocycles. The summed E-state index contributed by atoms with van der Waals surface area (Å²) in [6.45, 7) is 3.15. The molecule has 1 fully saturated rings. The highest BCUT2D eigenvalue weighted by atomic mass is 16.6. The van der Waals surface area contributed by atoms with E-state index in [2.05, 4.69) is 29.6 Å². The zero-order valence-electron chi connectivity index (χ0n) is 28.1. The summed E-state index contributed by atoms with van der Waals surface area (Å²) < 4.78 is 29.1. The number of hydrogen-bond donors (Lipinski definition) is 2. The van der Waals surface area contributed by atoms with Gasteiger partial charge >= 0.3 is 0 Å². The maximum absolute atomic E-state index is 12.9. The van der Waals surface area contributed by atoms with Crippen LogP contribution in [0.2, 0.25) is 0 Å². The summed E-state index contributed by atoms with van der Waals surface area (Å²) in [7, 11) is 0. The highest BCUT2D eigenvalue weighted by Gasteiger charge is 2.39. The molecular formula is C40H40N2O9. The second-order valence-corrected chi connectivity index (χ2v) is 12.7. The standard InChI is InChI=1S/C40H40N2O9/c43-29-8-12-33-36(23-29)51-25-34(26-4-2-1-3-5-26)38(33)27-6-9-30(10-7-27)49-20-18-47-16-17-48-19-21-50-31-11-13-32-28(22-31)24-42(40(32)46)35-14-15-37(44)41-39(35)45/h1-13,22-23,34-35,38,43H,14-21,24-25H2,(H,41,44,45). The summed E-state index contributed by atoms with van der Waals surface area (Å²) in [6, 6.07) is 28.4. The molecule has 11 heteroatoms. The van der Waals surface area contributed by atoms with E-state index < -0.39 is 11.9 Å². The van der Waals surface area contributed by atoms with E-state index in [4.69, 9.17) is 23.7 Å². The summed E-state index contributed by atoms with van der Waals surface area (Å²) in [4.78, 5) is 38.1. The third kappa shape index (κ3) is 7.84. The molecule has 3 atom stereocenters. The van der Waals surface area contributed by atoms with Crippen LogP contribution in [0.25, 0.3) is 0 Å². The topological polar surface area (TPSA) is 133 Å². The zero-order valence-corrected chi connectivity index (χ0v) is 28.1. The van der Waals surface area contributed by atoms with E-state index in [1.807, 2.05) is 42.5 Å². The Bertz CT molecular complexity index is 1860. The van der Waals surface area contributed by atoms with Crippen molar-refractivity contribution in [3.63, 3.8) is 0 Å². The number of rotatable bonds is 14. The lowest BCUT2D eigenvalue weighted by molar-refractivity contribution is -0.136. The van der Waals surface area contributed by atoms with E-state index in [1.54, 1.807) is 24.3 Å². The first-order valence-corrected chi connectivity index (χ1v) is 17.2. The lowest BCUT2D eigenvalue weighted by atomic mass is 9.76. The van der Waals surface area contributed by atoms with E-state index in [-0.39, 0.29) is 35.8 Å². The lowest BCUT2D eigenvalue weighted by Crippen LogP contribution is -2.52. The Morgan fingerprint density at radius 1 is 0.765 bits per heavy atom. The van der Waals surface area contributed by atoms with Crippen LogP contribution in [-0.4, -0.2) is 80.0 Å². The molecule has 3 unspecified atom stereocenters. The van der Waals surface area contributed by atoms with Crippen LogP contribution in [-0.2, 0) is 25.6 Å². The molecule has 0 spiro atoms. The van der Waals surface area contributed by atoms with Crippen molar-refractivity contribution in [3.05, 3.63) is 119 Å². The van der Waals surface area contributed by atoms with Gasteiger partial charge in [0, 0.05) is 42.0 Å². The number of fused-ring (bicyclic) bond motifs is 2. The predicted octanol–water partition coefficient (Wildman–Crippen LogP) is 4.95. The van der Waals surface area contributed by atoms with Crippen molar-refractivity contribution >= 4 is 17.7 Å². The van der Waals surface area contributed by atoms with Crippen LogP contribution in [0.5, 0.6) is 23.0 Å². The fourth-order valence-electron chi connectivity index (χ4n) is 6.97. The second kappa shape index (κ2) is 15.7. The van der Waals surface area contributed by atoms with E-state index in [0.29, 0.717) is 76.3 Å². The summed E-state index contributed by atoms with van der Waals surface area (Å²) >= 11 is 0. The minimum absolute atomic E-state index is 0.0661. The van der Waals surface area contributed by atoms with Crippen molar-refractivity contribution in [2.45, 2.75) is 37.3 Å². The largest absolute Gasteiger partial charge is 0.508 e. The molecule has 0 radical (unpaired) electrons. The molecule has 3 amide bonds. The lowest BCUT2D eigenvalue weighted by Gasteiger charge is -2.34. The first-order chi connectivity index (χ1) is 24.9. The monoisotopic (exact) mass is 692 g/mol. The molecule has 0 saturated carbocycles. The van der Waals surface area contributed by atoms with Gasteiger partial charge in [-0.05, 0) is 59.5 Å². The summed E-state index contributed by atoms with van der Waals surface area (Å²) in [5.41, 5.74) is 4.73. The molecule has 264 valence electrons. The first kappa shape index (κ1) is 34.1. The Kier molecular flexibility index (Phi) is 10.5. The van der Waals surface area contributed by atoms with Gasteiger partial charge in [0.1, 0.15) is 42.3 Å². The second-order valence-electron chi connectivity index (χ2n) is 12.7. The fraction of sp³-hybridized carbons (Fsp3) is 0.325. The SMILES string of the molecule is O=C1CCC(N2Cc3cc(OCCOCCOCCOc4ccc(C5c6ccc(O)cc6OCC5c5ccccc5)cc4)ccc3C2=O)C(=O)N1. The fourth-order valence-corrected chi connectivity index (χ4v) is 6.97. The molecule has 3 aliphatic heterocycles. The highest BCUT2D eigenvalue weighted by molar-refractivity contribution is 6.05. The zero-order chi connectivity index (χ0) is 35.2. The van der Waals surface area contributed by atoms with Crippen LogP contribution in [0.4, 0.5) is 0 Å². The Labute approximate surface area is 296 Å². The van der Waals surface area contributed by atoms with Crippen LogP contribution < -0.4 is 19.5 Å². The molecule has 1 saturated heterocycles. The third-order valence-corrected chi connectivity index (χ3v) is 9.48. The van der Waals surface area contributed by atoms with Crippen molar-refractivity contribution < 1.29 is 43.2 Å². The van der Waals surface area contributed by atoms with Crippen molar-refractivity contribution in [1.29, 1.82) is 0 Å². The van der Waals surface area contributed by atoms with Gasteiger partial charge in [-0.2, -0.15) is 0 Å². The van der Waals surface area contributed by atoms with Gasteiger partial charge in [0.2, 0.25) is 11.8 Å². The van der Waals surface area contributed by atoms with Crippen molar-refractivity contribution in [2.75, 3.05) is 46.2 Å².